The highest BCUT2D eigenvalue weighted by molar-refractivity contribution is 9.11. The van der Waals surface area contributed by atoms with E-state index in [0.29, 0.717) is 5.02 Å². The summed E-state index contributed by atoms with van der Waals surface area (Å²) < 4.78 is 15.5. The Labute approximate surface area is 139 Å². The molecule has 2 aromatic rings. The maximum Gasteiger partial charge on any atom is 0.123 e. The topological polar surface area (TPSA) is 12.0 Å². The Hall–Kier alpha value is -0.420. The highest BCUT2D eigenvalue weighted by Crippen LogP contribution is 2.34. The molecule has 1 nitrogen and oxygen atoms in total. The van der Waals surface area contributed by atoms with Gasteiger partial charge in [0.25, 0.3) is 0 Å². The van der Waals surface area contributed by atoms with Gasteiger partial charge in [-0.05, 0) is 54.1 Å². The fraction of sp³-hybridized carbons (Fsp3) is 0.200. The Morgan fingerprint density at radius 3 is 2.60 bits per heavy atom. The lowest BCUT2D eigenvalue weighted by Crippen LogP contribution is -2.23. The molecule has 0 aliphatic heterocycles. The lowest BCUT2D eigenvalue weighted by molar-refractivity contribution is 0.602. The maximum atomic E-state index is 13.5. The zero-order chi connectivity index (χ0) is 14.7. The SMILES string of the molecule is CCNC(c1cc(F)ccc1Cl)c1cc(Br)ccc1Br. The second kappa shape index (κ2) is 7.03. The van der Waals surface area contributed by atoms with Gasteiger partial charge < -0.3 is 5.32 Å². The zero-order valence-electron chi connectivity index (χ0n) is 10.8. The van der Waals surface area contributed by atoms with Crippen LogP contribution in [0.4, 0.5) is 4.39 Å². The van der Waals surface area contributed by atoms with Crippen LogP contribution in [0.1, 0.15) is 24.1 Å². The van der Waals surface area contributed by atoms with Crippen molar-refractivity contribution in [3.05, 3.63) is 67.3 Å². The van der Waals surface area contributed by atoms with E-state index in [1.807, 2.05) is 25.1 Å². The lowest BCUT2D eigenvalue weighted by Gasteiger charge is -2.22. The number of rotatable bonds is 4. The molecule has 0 saturated carbocycles. The van der Waals surface area contributed by atoms with Gasteiger partial charge in [0.1, 0.15) is 5.82 Å². The zero-order valence-corrected chi connectivity index (χ0v) is 14.7. The summed E-state index contributed by atoms with van der Waals surface area (Å²) in [6, 6.07) is 10.2. The van der Waals surface area contributed by atoms with Crippen molar-refractivity contribution in [3.8, 4) is 0 Å². The molecular formula is C15H13Br2ClFN. The summed E-state index contributed by atoms with van der Waals surface area (Å²) in [6.07, 6.45) is 0. The number of halogens is 4. The van der Waals surface area contributed by atoms with Crippen LogP contribution in [-0.4, -0.2) is 6.54 Å². The first-order valence-electron chi connectivity index (χ1n) is 6.16. The first kappa shape index (κ1) is 16.0. The summed E-state index contributed by atoms with van der Waals surface area (Å²) in [4.78, 5) is 0. The molecule has 0 radical (unpaired) electrons. The molecule has 0 saturated heterocycles. The molecule has 1 atom stereocenters. The van der Waals surface area contributed by atoms with Crippen LogP contribution < -0.4 is 5.32 Å². The van der Waals surface area contributed by atoms with Crippen LogP contribution in [0.15, 0.2) is 45.3 Å². The minimum Gasteiger partial charge on any atom is -0.306 e. The molecule has 20 heavy (non-hydrogen) atoms. The first-order chi connectivity index (χ1) is 9.52. The summed E-state index contributed by atoms with van der Waals surface area (Å²) in [5.74, 6) is -0.293. The molecule has 0 aromatic heterocycles. The van der Waals surface area contributed by atoms with Gasteiger partial charge in [-0.1, -0.05) is 50.4 Å². The van der Waals surface area contributed by atoms with Crippen LogP contribution in [-0.2, 0) is 0 Å². The fourth-order valence-electron chi connectivity index (χ4n) is 2.06. The van der Waals surface area contributed by atoms with Gasteiger partial charge in [0, 0.05) is 14.0 Å². The second-order valence-corrected chi connectivity index (χ2v) is 6.50. The molecule has 106 valence electrons. The van der Waals surface area contributed by atoms with E-state index >= 15 is 0 Å². The van der Waals surface area contributed by atoms with E-state index in [1.165, 1.54) is 12.1 Å². The highest BCUT2D eigenvalue weighted by atomic mass is 79.9. The van der Waals surface area contributed by atoms with Gasteiger partial charge in [-0.25, -0.2) is 4.39 Å². The van der Waals surface area contributed by atoms with Crippen LogP contribution in [0.25, 0.3) is 0 Å². The molecular weight excluding hydrogens is 408 g/mol. The second-order valence-electron chi connectivity index (χ2n) is 4.32. The number of hydrogen-bond donors (Lipinski definition) is 1. The third-order valence-electron chi connectivity index (χ3n) is 2.95. The van der Waals surface area contributed by atoms with E-state index in [2.05, 4.69) is 37.2 Å². The molecule has 0 amide bonds. The van der Waals surface area contributed by atoms with Gasteiger partial charge in [-0.2, -0.15) is 0 Å². The monoisotopic (exact) mass is 419 g/mol. The molecule has 2 rings (SSSR count). The van der Waals surface area contributed by atoms with Crippen LogP contribution in [0, 0.1) is 5.82 Å². The van der Waals surface area contributed by atoms with Gasteiger partial charge in [-0.3, -0.25) is 0 Å². The number of benzene rings is 2. The molecule has 0 bridgehead atoms. The van der Waals surface area contributed by atoms with Gasteiger partial charge in [-0.15, -0.1) is 0 Å². The molecule has 2 aromatic carbocycles. The molecule has 0 spiro atoms. The minimum atomic E-state index is -0.293. The Kier molecular flexibility index (Phi) is 5.61. The van der Waals surface area contributed by atoms with Crippen LogP contribution >= 0.6 is 43.5 Å². The lowest BCUT2D eigenvalue weighted by atomic mass is 9.98. The van der Waals surface area contributed by atoms with Crippen molar-refractivity contribution in [2.45, 2.75) is 13.0 Å². The number of hydrogen-bond acceptors (Lipinski definition) is 1. The minimum absolute atomic E-state index is 0.171. The molecule has 0 aliphatic rings. The molecule has 1 unspecified atom stereocenters. The van der Waals surface area contributed by atoms with Crippen molar-refractivity contribution in [1.29, 1.82) is 0 Å². The normalized spacial score (nSPS) is 12.4. The van der Waals surface area contributed by atoms with Crippen LogP contribution in [0.5, 0.6) is 0 Å². The van der Waals surface area contributed by atoms with Crippen molar-refractivity contribution in [2.24, 2.45) is 0 Å². The largest absolute Gasteiger partial charge is 0.306 e. The summed E-state index contributed by atoms with van der Waals surface area (Å²) in [6.45, 7) is 2.75. The van der Waals surface area contributed by atoms with Crippen molar-refractivity contribution < 1.29 is 4.39 Å². The summed E-state index contributed by atoms with van der Waals surface area (Å²) in [5.41, 5.74) is 1.74. The smallest absolute Gasteiger partial charge is 0.123 e. The van der Waals surface area contributed by atoms with Crippen molar-refractivity contribution in [3.63, 3.8) is 0 Å². The molecule has 5 heteroatoms. The van der Waals surface area contributed by atoms with E-state index in [0.717, 1.165) is 26.6 Å². The van der Waals surface area contributed by atoms with Gasteiger partial charge in [0.15, 0.2) is 0 Å². The standard InChI is InChI=1S/C15H13Br2ClFN/c1-2-20-15(11-7-9(16)3-5-13(11)17)12-8-10(19)4-6-14(12)18/h3-8,15,20H,2H2,1H3. The summed E-state index contributed by atoms with van der Waals surface area (Å²) in [7, 11) is 0. The highest BCUT2D eigenvalue weighted by Gasteiger charge is 2.19. The van der Waals surface area contributed by atoms with Gasteiger partial charge in [0.2, 0.25) is 0 Å². The van der Waals surface area contributed by atoms with Gasteiger partial charge >= 0.3 is 0 Å². The Morgan fingerprint density at radius 1 is 1.15 bits per heavy atom. The Bertz CT molecular complexity index is 567. The third kappa shape index (κ3) is 3.61. The average molecular weight is 422 g/mol. The Balaban J connectivity index is 2.55. The predicted molar refractivity (Wildman–Crippen MR) is 88.8 cm³/mol. The summed E-state index contributed by atoms with van der Waals surface area (Å²) >= 11 is 13.2. The first-order valence-corrected chi connectivity index (χ1v) is 8.12. The number of nitrogens with one attached hydrogen (secondary N) is 1. The van der Waals surface area contributed by atoms with Crippen LogP contribution in [0.3, 0.4) is 0 Å². The van der Waals surface area contributed by atoms with Crippen molar-refractivity contribution >= 4 is 43.5 Å². The van der Waals surface area contributed by atoms with E-state index in [-0.39, 0.29) is 11.9 Å². The van der Waals surface area contributed by atoms with E-state index in [1.54, 1.807) is 6.07 Å². The van der Waals surface area contributed by atoms with Crippen molar-refractivity contribution in [2.75, 3.05) is 6.54 Å². The third-order valence-corrected chi connectivity index (χ3v) is 4.51. The summed E-state index contributed by atoms with van der Waals surface area (Å²) in [5, 5.41) is 3.89. The van der Waals surface area contributed by atoms with E-state index in [4.69, 9.17) is 11.6 Å². The van der Waals surface area contributed by atoms with Gasteiger partial charge in [0.05, 0.1) is 6.04 Å². The van der Waals surface area contributed by atoms with E-state index < -0.39 is 0 Å². The molecule has 0 heterocycles. The molecule has 1 N–H and O–H groups in total. The quantitative estimate of drug-likeness (QED) is 0.667. The fourth-order valence-corrected chi connectivity index (χ4v) is 3.14. The maximum absolute atomic E-state index is 13.5. The average Bonchev–Trinajstić information content (AvgIpc) is 2.42. The van der Waals surface area contributed by atoms with Crippen molar-refractivity contribution in [1.82, 2.24) is 5.32 Å². The molecule has 0 aliphatic carbocycles. The van der Waals surface area contributed by atoms with Crippen LogP contribution in [0.2, 0.25) is 5.02 Å². The molecule has 0 fully saturated rings. The predicted octanol–water partition coefficient (Wildman–Crippen LogP) is 5.70. The van der Waals surface area contributed by atoms with E-state index in [9.17, 15) is 4.39 Å². The Morgan fingerprint density at radius 2 is 1.90 bits per heavy atom.